The van der Waals surface area contributed by atoms with Crippen LogP contribution in [0.25, 0.3) is 0 Å². The van der Waals surface area contributed by atoms with Gasteiger partial charge in [0.25, 0.3) is 0 Å². The summed E-state index contributed by atoms with van der Waals surface area (Å²) in [6.07, 6.45) is -1.38. The van der Waals surface area contributed by atoms with E-state index in [1.54, 1.807) is 0 Å². The van der Waals surface area contributed by atoms with Crippen LogP contribution in [-0.4, -0.2) is 16.0 Å². The Kier molecular flexibility index (Phi) is 4.42. The predicted octanol–water partition coefficient (Wildman–Crippen LogP) is 4.39. The topological polar surface area (TPSA) is 37.8 Å². The zero-order valence-electron chi connectivity index (χ0n) is 11.3. The van der Waals surface area contributed by atoms with Crippen LogP contribution in [0.5, 0.6) is 0 Å². The standard InChI is InChI=1S/C13H17ClF3N3/c1-7-4-3-5-9(8(7)2)18-11-6-10(13(15,16)17)19-12(14)20-11/h6-9H,3-5H2,1-2H3,(H,18,19,20). The number of hydrogen-bond acceptors (Lipinski definition) is 3. The molecule has 1 aromatic heterocycles. The van der Waals surface area contributed by atoms with Gasteiger partial charge in [0.1, 0.15) is 5.82 Å². The van der Waals surface area contributed by atoms with E-state index in [4.69, 9.17) is 11.6 Å². The lowest BCUT2D eigenvalue weighted by Crippen LogP contribution is -2.35. The Labute approximate surface area is 120 Å². The van der Waals surface area contributed by atoms with Crippen molar-refractivity contribution in [3.63, 3.8) is 0 Å². The molecule has 20 heavy (non-hydrogen) atoms. The van der Waals surface area contributed by atoms with Crippen LogP contribution < -0.4 is 5.32 Å². The lowest BCUT2D eigenvalue weighted by Gasteiger charge is -2.35. The van der Waals surface area contributed by atoms with E-state index >= 15 is 0 Å². The maximum atomic E-state index is 12.7. The average Bonchev–Trinajstić information content (AvgIpc) is 2.33. The molecule has 3 unspecified atom stereocenters. The molecule has 112 valence electrons. The number of anilines is 1. The molecule has 0 amide bonds. The third-order valence-corrected chi connectivity index (χ3v) is 4.20. The molecular formula is C13H17ClF3N3. The van der Waals surface area contributed by atoms with Crippen LogP contribution in [0, 0.1) is 11.8 Å². The van der Waals surface area contributed by atoms with Crippen molar-refractivity contribution in [1.29, 1.82) is 0 Å². The number of nitrogens with one attached hydrogen (secondary N) is 1. The van der Waals surface area contributed by atoms with Gasteiger partial charge in [-0.05, 0) is 29.9 Å². The van der Waals surface area contributed by atoms with Crippen molar-refractivity contribution in [3.8, 4) is 0 Å². The molecule has 2 rings (SSSR count). The van der Waals surface area contributed by atoms with Crippen LogP contribution in [0.4, 0.5) is 19.0 Å². The van der Waals surface area contributed by atoms with Gasteiger partial charge in [0.2, 0.25) is 5.28 Å². The summed E-state index contributed by atoms with van der Waals surface area (Å²) in [4.78, 5) is 7.07. The minimum Gasteiger partial charge on any atom is -0.367 e. The molecule has 1 aliphatic rings. The van der Waals surface area contributed by atoms with Gasteiger partial charge in [-0.15, -0.1) is 0 Å². The average molecular weight is 308 g/mol. The Balaban J connectivity index is 2.19. The summed E-state index contributed by atoms with van der Waals surface area (Å²) in [5.41, 5.74) is -1.02. The van der Waals surface area contributed by atoms with Gasteiger partial charge in [0, 0.05) is 12.1 Å². The van der Waals surface area contributed by atoms with Crippen LogP contribution in [-0.2, 0) is 6.18 Å². The summed E-state index contributed by atoms with van der Waals surface area (Å²) in [6, 6.07) is 1.03. The molecule has 0 spiro atoms. The normalized spacial score (nSPS) is 27.4. The molecule has 1 N–H and O–H groups in total. The summed E-state index contributed by atoms with van der Waals surface area (Å²) >= 11 is 5.58. The van der Waals surface area contributed by atoms with E-state index < -0.39 is 11.9 Å². The second kappa shape index (κ2) is 5.76. The fraction of sp³-hybridized carbons (Fsp3) is 0.692. The van der Waals surface area contributed by atoms with E-state index in [2.05, 4.69) is 29.1 Å². The lowest BCUT2D eigenvalue weighted by atomic mass is 9.78. The summed E-state index contributed by atoms with van der Waals surface area (Å²) in [5.74, 6) is 1.07. The molecule has 1 saturated carbocycles. The van der Waals surface area contributed by atoms with Crippen molar-refractivity contribution < 1.29 is 13.2 Å². The maximum absolute atomic E-state index is 12.7. The van der Waals surface area contributed by atoms with Gasteiger partial charge >= 0.3 is 6.18 Å². The molecule has 0 aliphatic heterocycles. The third-order valence-electron chi connectivity index (χ3n) is 4.03. The van der Waals surface area contributed by atoms with Crippen molar-refractivity contribution in [2.45, 2.75) is 45.3 Å². The van der Waals surface area contributed by atoms with Crippen molar-refractivity contribution in [3.05, 3.63) is 17.0 Å². The number of nitrogens with zero attached hydrogens (tertiary/aromatic N) is 2. The molecule has 0 aromatic carbocycles. The lowest BCUT2D eigenvalue weighted by molar-refractivity contribution is -0.141. The number of rotatable bonds is 2. The molecular weight excluding hydrogens is 291 g/mol. The Hall–Kier alpha value is -1.04. The molecule has 3 atom stereocenters. The molecule has 0 radical (unpaired) electrons. The van der Waals surface area contributed by atoms with Crippen LogP contribution >= 0.6 is 11.6 Å². The first-order valence-corrected chi connectivity index (χ1v) is 7.03. The quantitative estimate of drug-likeness (QED) is 0.824. The molecule has 7 heteroatoms. The number of aromatic nitrogens is 2. The molecule has 0 bridgehead atoms. The summed E-state index contributed by atoms with van der Waals surface area (Å²) in [6.45, 7) is 4.27. The Morgan fingerprint density at radius 2 is 1.95 bits per heavy atom. The first kappa shape index (κ1) is 15.4. The highest BCUT2D eigenvalue weighted by Gasteiger charge is 2.34. The molecule has 1 aromatic rings. The van der Waals surface area contributed by atoms with E-state index in [9.17, 15) is 13.2 Å². The molecule has 1 fully saturated rings. The minimum atomic E-state index is -4.52. The number of hydrogen-bond donors (Lipinski definition) is 1. The second-order valence-electron chi connectivity index (χ2n) is 5.42. The van der Waals surface area contributed by atoms with E-state index in [1.807, 2.05) is 0 Å². The van der Waals surface area contributed by atoms with Gasteiger partial charge in [-0.1, -0.05) is 26.7 Å². The molecule has 1 aliphatic carbocycles. The third kappa shape index (κ3) is 3.53. The fourth-order valence-electron chi connectivity index (χ4n) is 2.61. The summed E-state index contributed by atoms with van der Waals surface area (Å²) in [7, 11) is 0. The zero-order chi connectivity index (χ0) is 14.9. The molecule has 3 nitrogen and oxygen atoms in total. The smallest absolute Gasteiger partial charge is 0.367 e. The van der Waals surface area contributed by atoms with Gasteiger partial charge in [0.05, 0.1) is 0 Å². The van der Waals surface area contributed by atoms with E-state index in [0.717, 1.165) is 25.3 Å². The van der Waals surface area contributed by atoms with Gasteiger partial charge in [-0.25, -0.2) is 9.97 Å². The highest BCUT2D eigenvalue weighted by Crippen LogP contribution is 2.33. The monoisotopic (exact) mass is 307 g/mol. The van der Waals surface area contributed by atoms with Gasteiger partial charge in [-0.3, -0.25) is 0 Å². The summed E-state index contributed by atoms with van der Waals surface area (Å²) in [5, 5.41) is 2.69. The second-order valence-corrected chi connectivity index (χ2v) is 5.76. The van der Waals surface area contributed by atoms with E-state index in [0.29, 0.717) is 11.8 Å². The van der Waals surface area contributed by atoms with Crippen LogP contribution in [0.2, 0.25) is 5.28 Å². The summed E-state index contributed by atoms with van der Waals surface area (Å²) < 4.78 is 38.1. The molecule has 0 saturated heterocycles. The van der Waals surface area contributed by atoms with Crippen LogP contribution in [0.15, 0.2) is 6.07 Å². The first-order chi connectivity index (χ1) is 9.27. The Morgan fingerprint density at radius 3 is 2.60 bits per heavy atom. The van der Waals surface area contributed by atoms with Crippen molar-refractivity contribution in [1.82, 2.24) is 9.97 Å². The Morgan fingerprint density at radius 1 is 1.25 bits per heavy atom. The van der Waals surface area contributed by atoms with Crippen molar-refractivity contribution in [2.75, 3.05) is 5.32 Å². The highest BCUT2D eigenvalue weighted by molar-refractivity contribution is 6.28. The SMILES string of the molecule is CC1CCCC(Nc2cc(C(F)(F)F)nc(Cl)n2)C1C. The van der Waals surface area contributed by atoms with E-state index in [1.165, 1.54) is 0 Å². The minimum absolute atomic E-state index is 0.116. The number of alkyl halides is 3. The molecule has 1 heterocycles. The zero-order valence-corrected chi connectivity index (χ0v) is 12.1. The fourth-order valence-corrected chi connectivity index (χ4v) is 2.79. The predicted molar refractivity (Wildman–Crippen MR) is 71.6 cm³/mol. The van der Waals surface area contributed by atoms with Gasteiger partial charge in [-0.2, -0.15) is 13.2 Å². The van der Waals surface area contributed by atoms with Crippen LogP contribution in [0.3, 0.4) is 0 Å². The highest BCUT2D eigenvalue weighted by atomic mass is 35.5. The van der Waals surface area contributed by atoms with Crippen LogP contribution in [0.1, 0.15) is 38.8 Å². The Bertz CT molecular complexity index is 478. The maximum Gasteiger partial charge on any atom is 0.433 e. The van der Waals surface area contributed by atoms with Crippen molar-refractivity contribution >= 4 is 17.4 Å². The van der Waals surface area contributed by atoms with Crippen molar-refractivity contribution in [2.24, 2.45) is 11.8 Å². The van der Waals surface area contributed by atoms with Gasteiger partial charge in [0.15, 0.2) is 5.69 Å². The van der Waals surface area contributed by atoms with E-state index in [-0.39, 0.29) is 17.1 Å². The van der Waals surface area contributed by atoms with Gasteiger partial charge < -0.3 is 5.32 Å². The number of halogens is 4. The first-order valence-electron chi connectivity index (χ1n) is 6.65. The largest absolute Gasteiger partial charge is 0.433 e.